The summed E-state index contributed by atoms with van der Waals surface area (Å²) in [7, 11) is 4.13. The number of anilines is 5. The Hall–Kier alpha value is -11.9. The molecule has 598 valence electrons. The zero-order chi connectivity index (χ0) is 81.3. The molecule has 10 atom stereocenters. The fourth-order valence-electron chi connectivity index (χ4n) is 12.5. The number of aliphatic hydroxyl groups excluding tert-OH is 6. The van der Waals surface area contributed by atoms with Crippen molar-refractivity contribution in [3.63, 3.8) is 0 Å². The number of ether oxygens (including phenoxy) is 3. The lowest BCUT2D eigenvalue weighted by Gasteiger charge is -2.32. The summed E-state index contributed by atoms with van der Waals surface area (Å²) >= 11 is 0. The smallest absolute Gasteiger partial charge is 0.316 e. The summed E-state index contributed by atoms with van der Waals surface area (Å²) in [6, 6.07) is 11.0. The van der Waals surface area contributed by atoms with E-state index in [9.17, 15) is 33.6 Å². The molecule has 7 unspecified atom stereocenters. The van der Waals surface area contributed by atoms with Crippen molar-refractivity contribution in [3.05, 3.63) is 170 Å². The van der Waals surface area contributed by atoms with Gasteiger partial charge in [-0.15, -0.1) is 0 Å². The summed E-state index contributed by atoms with van der Waals surface area (Å²) < 4.78 is 123. The summed E-state index contributed by atoms with van der Waals surface area (Å²) in [6.07, 6.45) is -4.69. The molecule has 0 aliphatic carbocycles. The first-order chi connectivity index (χ1) is 54.0. The van der Waals surface area contributed by atoms with Gasteiger partial charge in [-0.25, -0.2) is 93.2 Å². The average molecular weight is 1580 g/mol. The first-order valence-corrected chi connectivity index (χ1v) is 34.4. The molecule has 10 heterocycles. The van der Waals surface area contributed by atoms with Gasteiger partial charge in [0.2, 0.25) is 23.7 Å². The van der Waals surface area contributed by atoms with E-state index in [1.54, 1.807) is 32.0 Å². The lowest BCUT2D eigenvalue weighted by molar-refractivity contribution is -0.0396. The first-order valence-electron chi connectivity index (χ1n) is 34.4. The van der Waals surface area contributed by atoms with Gasteiger partial charge >= 0.3 is 5.92 Å². The predicted octanol–water partition coefficient (Wildman–Crippen LogP) is 4.05. The van der Waals surface area contributed by atoms with Crippen LogP contribution >= 0.6 is 0 Å². The molecule has 0 saturated carbocycles. The minimum atomic E-state index is -3.74. The minimum Gasteiger partial charge on any atom is -0.481 e. The van der Waals surface area contributed by atoms with Crippen LogP contribution in [-0.2, 0) is 20.4 Å². The molecule has 9 aromatic rings. The maximum atomic E-state index is 16.2. The van der Waals surface area contributed by atoms with E-state index in [1.807, 2.05) is 0 Å². The van der Waals surface area contributed by atoms with Crippen molar-refractivity contribution >= 4 is 47.0 Å². The number of hydrogen-bond donors (Lipinski definition) is 15. The number of benzene rings is 3. The van der Waals surface area contributed by atoms with Gasteiger partial charge in [0, 0.05) is 42.1 Å². The number of methoxy groups -OCH3 is 3. The Balaban J connectivity index is 0.000000168. The topological polar surface area (TPSA) is 534 Å². The largest absolute Gasteiger partial charge is 0.481 e. The maximum absolute atomic E-state index is 16.2. The monoisotopic (exact) mass is 1580 g/mol. The molecule has 20 N–H and O–H groups in total. The zero-order valence-corrected chi connectivity index (χ0v) is 60.9. The highest BCUT2D eigenvalue weighted by atomic mass is 19.3. The number of hydrogen-bond acceptors (Lipinski definition) is 35. The number of hydroxylamine groups is 3. The number of aliphatic hydroxyl groups is 6. The third kappa shape index (κ3) is 18.2. The summed E-state index contributed by atoms with van der Waals surface area (Å²) in [5.74, 6) is -5.80. The molecule has 1 saturated heterocycles. The van der Waals surface area contributed by atoms with Gasteiger partial charge in [-0.2, -0.15) is 8.78 Å². The molecular formula is C71H78F7N23O12. The number of β-amino-alcohol motifs (C(OH)–C–C–N with tert-alkyl or cyclic N) is 1. The highest BCUT2D eigenvalue weighted by Gasteiger charge is 2.52. The molecule has 0 radical (unpaired) electrons. The number of nitrogens with zero attached hydrogens (tertiary/aromatic N) is 14. The van der Waals surface area contributed by atoms with E-state index >= 15 is 17.6 Å². The van der Waals surface area contributed by atoms with Crippen LogP contribution in [0.4, 0.5) is 60.2 Å². The van der Waals surface area contributed by atoms with E-state index in [4.69, 9.17) is 67.6 Å². The highest BCUT2D eigenvalue weighted by Crippen LogP contribution is 2.51. The van der Waals surface area contributed by atoms with Crippen LogP contribution in [0.2, 0.25) is 0 Å². The van der Waals surface area contributed by atoms with Crippen LogP contribution in [0.15, 0.2) is 100 Å². The van der Waals surface area contributed by atoms with E-state index in [0.29, 0.717) is 39.7 Å². The molecule has 13 rings (SSSR count). The number of pyridine rings is 1. The Morgan fingerprint density at radius 3 is 1.44 bits per heavy atom. The van der Waals surface area contributed by atoms with Crippen molar-refractivity contribution in [2.75, 3.05) is 89.6 Å². The Morgan fingerprint density at radius 2 is 0.982 bits per heavy atom. The first kappa shape index (κ1) is 82.1. The van der Waals surface area contributed by atoms with Crippen molar-refractivity contribution < 1.29 is 90.1 Å². The van der Waals surface area contributed by atoms with Gasteiger partial charge in [0.15, 0.2) is 41.5 Å². The average Bonchev–Trinajstić information content (AvgIpc) is 0.891. The molecule has 4 aliphatic rings. The van der Waals surface area contributed by atoms with Gasteiger partial charge in [0.1, 0.15) is 41.3 Å². The van der Waals surface area contributed by atoms with Crippen LogP contribution in [0.3, 0.4) is 0 Å². The number of halogens is 7. The number of alkyl halides is 4. The number of aryl methyl sites for hydroxylation is 3. The van der Waals surface area contributed by atoms with Crippen LogP contribution in [0.5, 0.6) is 17.6 Å². The molecule has 3 aromatic carbocycles. The second kappa shape index (κ2) is 35.7. The van der Waals surface area contributed by atoms with E-state index < -0.39 is 103 Å². The SMILES string of the molecule is COc1cccc(-c2cc(F)ccc2[C@@H]2N=C(NOCCC(O)CO)c3c(C)nc(N)nc3C2F)n1.COc1nc(-c2cc(F)ccc2[C@@H]2N=C(NOCC3NCC(O)C3O)c3c(C)nc(N)nc3C2(F)F)cnc1N.COc1nc(-c2cc(F)ccc2[C@@H]2N=C(NOCCC(O)CO)c3c(C)nc(N)nc3C2F)cnc1N. The van der Waals surface area contributed by atoms with Gasteiger partial charge in [-0.3, -0.25) is 29.5 Å². The van der Waals surface area contributed by atoms with Crippen LogP contribution in [-0.4, -0.2) is 194 Å². The molecule has 0 bridgehead atoms. The Labute approximate surface area is 638 Å². The number of amidine groups is 3. The maximum Gasteiger partial charge on any atom is 0.316 e. The van der Waals surface area contributed by atoms with Crippen LogP contribution < -0.4 is 64.6 Å². The second-order valence-corrected chi connectivity index (χ2v) is 25.6. The van der Waals surface area contributed by atoms with Crippen molar-refractivity contribution in [1.29, 1.82) is 0 Å². The Kier molecular flexibility index (Phi) is 25.9. The summed E-state index contributed by atoms with van der Waals surface area (Å²) in [4.78, 5) is 74.8. The normalized spacial score (nSPS) is 19.7. The Morgan fingerprint density at radius 1 is 0.540 bits per heavy atom. The molecule has 113 heavy (non-hydrogen) atoms. The van der Waals surface area contributed by atoms with Crippen molar-refractivity contribution in [1.82, 2.24) is 76.6 Å². The number of nitrogen functional groups attached to an aromatic ring is 5. The molecule has 0 spiro atoms. The van der Waals surface area contributed by atoms with Gasteiger partial charge in [-0.05, 0) is 79.9 Å². The van der Waals surface area contributed by atoms with E-state index in [-0.39, 0.29) is 160 Å². The van der Waals surface area contributed by atoms with Crippen LogP contribution in [0, 0.1) is 38.2 Å². The molecule has 1 fully saturated rings. The summed E-state index contributed by atoms with van der Waals surface area (Å²) in [5.41, 5.74) is 39.0. The highest BCUT2D eigenvalue weighted by molar-refractivity contribution is 6.03. The molecule has 4 aliphatic heterocycles. The molecular weight excluding hydrogens is 1500 g/mol. The lowest BCUT2D eigenvalue weighted by Crippen LogP contribution is -2.42. The molecule has 35 nitrogen and oxygen atoms in total. The number of nitrogens with one attached hydrogen (secondary N) is 4. The molecule has 42 heteroatoms. The number of aliphatic imine (C=N–C) groups is 3. The van der Waals surface area contributed by atoms with Crippen LogP contribution in [0.25, 0.3) is 33.8 Å². The standard InChI is InChI=1S/C24H26F3N9O4.C24H26F2N6O4.C23H26F2N8O4/c1-9-16-19(35-23(29)32-9)24(26,27)18(34-21(16)36-40-8-14-17(38)15(37)7-30-14)11-4-3-10(25)5-12(11)13-6-31-20(28)22(33-13)39-2;1-12-19-22(31-24(27)28-12)20(26)21(30-23(19)32-36-9-8-14(34)11-33)15-7-6-13(25)10-16(15)17-4-3-5-18(29-17)35-2;1-10-16-19(32-23(27)29-10)17(25)18(31-21(16)33-37-6-5-12(35)9-34)13-4-3-11(24)7-14(13)15-8-28-20(26)22(30-15)36-2/h3-6,14-15,17-18,30,37-38H,7-8H2,1-2H3,(H2,28,31)(H,34,36)(H2,29,32,35);3-7,10,14,20-21,33-34H,8-9,11H2,1-2H3,(H,30,32)(H2,27,28,31);3-4,7-8,12,17-18,34-35H,5-6,9H2,1-2H3,(H2,26,28)(H,31,33)(H2,27,29,32)/t14?,15?,17?,18-;14?,20?,21-;12?,17?,18-/m000/s1. The number of aromatic nitrogens is 11. The fraction of sp³-hybridized carbons (Fsp3) is 0.352. The van der Waals surface area contributed by atoms with Gasteiger partial charge in [0.25, 0.3) is 11.8 Å². The lowest BCUT2D eigenvalue weighted by atomic mass is 9.88. The molecule has 0 amide bonds. The van der Waals surface area contributed by atoms with E-state index in [1.165, 1.54) is 83.1 Å². The van der Waals surface area contributed by atoms with E-state index in [2.05, 4.69) is 91.6 Å². The Bertz CT molecular complexity index is 5050. The number of rotatable bonds is 22. The van der Waals surface area contributed by atoms with Gasteiger partial charge in [0.05, 0.1) is 159 Å². The number of nitrogens with two attached hydrogens (primary N) is 5. The van der Waals surface area contributed by atoms with Crippen molar-refractivity contribution in [2.24, 2.45) is 15.0 Å². The van der Waals surface area contributed by atoms with Gasteiger partial charge < -0.3 is 78.8 Å². The third-order valence-corrected chi connectivity index (χ3v) is 18.0. The van der Waals surface area contributed by atoms with Crippen LogP contribution in [0.1, 0.15) is 111 Å². The summed E-state index contributed by atoms with van der Waals surface area (Å²) in [6.45, 7) is 3.95. The quantitative estimate of drug-likeness (QED) is 0.0258. The van der Waals surface area contributed by atoms with E-state index in [0.717, 1.165) is 12.1 Å². The van der Waals surface area contributed by atoms with Crippen molar-refractivity contribution in [3.8, 4) is 51.4 Å². The fourth-order valence-corrected chi connectivity index (χ4v) is 12.5. The van der Waals surface area contributed by atoms with Crippen molar-refractivity contribution in [2.45, 2.75) is 100 Å². The molecule has 6 aromatic heterocycles. The zero-order valence-electron chi connectivity index (χ0n) is 60.9. The second-order valence-electron chi connectivity index (χ2n) is 25.6. The third-order valence-electron chi connectivity index (χ3n) is 18.0. The predicted molar refractivity (Wildman–Crippen MR) is 392 cm³/mol. The van der Waals surface area contributed by atoms with Gasteiger partial charge in [-0.1, -0.05) is 24.3 Å². The minimum absolute atomic E-state index is 0.00960. The summed E-state index contributed by atoms with van der Waals surface area (Å²) in [5, 5.41) is 59.7. The number of fused-ring (bicyclic) bond motifs is 3.